The van der Waals surface area contributed by atoms with Gasteiger partial charge < -0.3 is 19.8 Å². The Hall–Kier alpha value is -2.41. The van der Waals surface area contributed by atoms with E-state index in [0.29, 0.717) is 6.54 Å². The second kappa shape index (κ2) is 8.31. The molecule has 1 unspecified atom stereocenters. The molecule has 148 valence electrons. The maximum Gasteiger partial charge on any atom is 0.127 e. The zero-order valence-electron chi connectivity index (χ0n) is 16.1. The number of fused-ring (bicyclic) bond motifs is 1. The van der Waals surface area contributed by atoms with Crippen LogP contribution in [0.3, 0.4) is 0 Å². The maximum absolute atomic E-state index is 10.4. The van der Waals surface area contributed by atoms with Gasteiger partial charge in [-0.3, -0.25) is 5.10 Å². The molecule has 1 atom stereocenters. The summed E-state index contributed by atoms with van der Waals surface area (Å²) < 4.78 is 6.00. The van der Waals surface area contributed by atoms with Gasteiger partial charge in [-0.1, -0.05) is 24.3 Å². The molecular formula is C22H27N3O3. The third-order valence-corrected chi connectivity index (χ3v) is 5.46. The predicted octanol–water partition coefficient (Wildman–Crippen LogP) is 2.73. The predicted molar refractivity (Wildman–Crippen MR) is 109 cm³/mol. The molecule has 0 saturated carbocycles. The Kier molecular flexibility index (Phi) is 5.62. The molecule has 0 amide bonds. The lowest BCUT2D eigenvalue weighted by molar-refractivity contribution is 0.0340. The summed E-state index contributed by atoms with van der Waals surface area (Å²) in [7, 11) is 0. The zero-order chi connectivity index (χ0) is 19.5. The molecule has 3 aromatic rings. The second-order valence-electron chi connectivity index (χ2n) is 7.56. The molecule has 6 nitrogen and oxygen atoms in total. The van der Waals surface area contributed by atoms with Gasteiger partial charge in [-0.25, -0.2) is 0 Å². The third-order valence-electron chi connectivity index (χ3n) is 5.46. The number of H-pyrrole nitrogens is 1. The molecule has 0 radical (unpaired) electrons. The van der Waals surface area contributed by atoms with Gasteiger partial charge in [0, 0.05) is 36.3 Å². The van der Waals surface area contributed by atoms with Crippen LogP contribution in [0.25, 0.3) is 21.9 Å². The van der Waals surface area contributed by atoms with Crippen LogP contribution in [0.1, 0.15) is 18.5 Å². The SMILES string of the molecule is Cc1[nH]ncc1-c1ccc(OCC(O)CN2CCC(O)CC2)c2ccccc12. The number of likely N-dealkylation sites (tertiary alicyclic amines) is 1. The molecule has 1 aliphatic heterocycles. The molecule has 28 heavy (non-hydrogen) atoms. The average molecular weight is 381 g/mol. The summed E-state index contributed by atoms with van der Waals surface area (Å²) in [4.78, 5) is 2.18. The van der Waals surface area contributed by atoms with E-state index in [1.165, 1.54) is 0 Å². The number of hydrogen-bond acceptors (Lipinski definition) is 5. The van der Waals surface area contributed by atoms with Gasteiger partial charge in [0.25, 0.3) is 0 Å². The van der Waals surface area contributed by atoms with E-state index in [4.69, 9.17) is 4.74 Å². The van der Waals surface area contributed by atoms with Crippen LogP contribution in [-0.2, 0) is 0 Å². The second-order valence-corrected chi connectivity index (χ2v) is 7.56. The Bertz CT molecular complexity index is 932. The highest BCUT2D eigenvalue weighted by atomic mass is 16.5. The Morgan fingerprint density at radius 1 is 1.14 bits per heavy atom. The van der Waals surface area contributed by atoms with E-state index >= 15 is 0 Å². The van der Waals surface area contributed by atoms with Crippen molar-refractivity contribution in [3.8, 4) is 16.9 Å². The fraction of sp³-hybridized carbons (Fsp3) is 0.409. The van der Waals surface area contributed by atoms with Gasteiger partial charge >= 0.3 is 0 Å². The fourth-order valence-corrected chi connectivity index (χ4v) is 3.89. The highest BCUT2D eigenvalue weighted by Gasteiger charge is 2.20. The van der Waals surface area contributed by atoms with Gasteiger partial charge in [-0.15, -0.1) is 0 Å². The lowest BCUT2D eigenvalue weighted by Gasteiger charge is -2.30. The molecule has 2 heterocycles. The minimum atomic E-state index is -0.565. The third kappa shape index (κ3) is 4.04. The topological polar surface area (TPSA) is 81.6 Å². The monoisotopic (exact) mass is 381 g/mol. The van der Waals surface area contributed by atoms with E-state index in [9.17, 15) is 10.2 Å². The summed E-state index contributed by atoms with van der Waals surface area (Å²) in [5, 5.41) is 29.3. The molecular weight excluding hydrogens is 354 g/mol. The number of piperidine rings is 1. The van der Waals surface area contributed by atoms with Crippen LogP contribution >= 0.6 is 0 Å². The number of aryl methyl sites for hydroxylation is 1. The lowest BCUT2D eigenvalue weighted by atomic mass is 9.98. The quantitative estimate of drug-likeness (QED) is 0.612. The number of hydrogen-bond donors (Lipinski definition) is 3. The van der Waals surface area contributed by atoms with Gasteiger partial charge in [0.15, 0.2) is 0 Å². The van der Waals surface area contributed by atoms with E-state index in [1.807, 2.05) is 43.5 Å². The summed E-state index contributed by atoms with van der Waals surface area (Å²) in [5.74, 6) is 0.772. The van der Waals surface area contributed by atoms with E-state index in [2.05, 4.69) is 21.2 Å². The fourth-order valence-electron chi connectivity index (χ4n) is 3.89. The van der Waals surface area contributed by atoms with Crippen molar-refractivity contribution >= 4 is 10.8 Å². The first-order valence-corrected chi connectivity index (χ1v) is 9.85. The van der Waals surface area contributed by atoms with Crippen molar-refractivity contribution in [3.05, 3.63) is 48.3 Å². The van der Waals surface area contributed by atoms with Crippen molar-refractivity contribution in [2.24, 2.45) is 0 Å². The van der Waals surface area contributed by atoms with Gasteiger partial charge in [0.1, 0.15) is 18.5 Å². The molecule has 0 aliphatic carbocycles. The van der Waals surface area contributed by atoms with Crippen LogP contribution in [0, 0.1) is 6.92 Å². The Labute approximate surface area is 164 Å². The van der Waals surface area contributed by atoms with E-state index in [0.717, 1.165) is 59.3 Å². The maximum atomic E-state index is 10.4. The van der Waals surface area contributed by atoms with Crippen LogP contribution < -0.4 is 4.74 Å². The van der Waals surface area contributed by atoms with E-state index in [-0.39, 0.29) is 12.7 Å². The van der Waals surface area contributed by atoms with E-state index < -0.39 is 6.10 Å². The van der Waals surface area contributed by atoms with Gasteiger partial charge in [0.05, 0.1) is 12.3 Å². The zero-order valence-corrected chi connectivity index (χ0v) is 16.1. The smallest absolute Gasteiger partial charge is 0.127 e. The number of ether oxygens (including phenoxy) is 1. The minimum absolute atomic E-state index is 0.201. The molecule has 0 spiro atoms. The Balaban J connectivity index is 1.48. The molecule has 1 aliphatic rings. The molecule has 4 rings (SSSR count). The molecule has 3 N–H and O–H groups in total. The average Bonchev–Trinajstić information content (AvgIpc) is 3.13. The number of β-amino-alcohol motifs (C(OH)–C–C–N with tert-alkyl or cyclic N) is 1. The van der Waals surface area contributed by atoms with Crippen molar-refractivity contribution in [1.82, 2.24) is 15.1 Å². The first kappa shape index (κ1) is 18.9. The minimum Gasteiger partial charge on any atom is -0.490 e. The molecule has 1 saturated heterocycles. The normalized spacial score (nSPS) is 17.1. The molecule has 1 fully saturated rings. The van der Waals surface area contributed by atoms with E-state index in [1.54, 1.807) is 0 Å². The molecule has 2 aromatic carbocycles. The number of aromatic nitrogens is 2. The number of aliphatic hydroxyl groups excluding tert-OH is 2. The van der Waals surface area contributed by atoms with Crippen LogP contribution in [-0.4, -0.2) is 63.8 Å². The first-order valence-electron chi connectivity index (χ1n) is 9.85. The first-order chi connectivity index (χ1) is 13.6. The number of nitrogens with zero attached hydrogens (tertiary/aromatic N) is 2. The van der Waals surface area contributed by atoms with Gasteiger partial charge in [-0.05, 0) is 42.8 Å². The molecule has 1 aromatic heterocycles. The standard InChI is InChI=1S/C22H27N3O3/c1-15-21(12-23-24-15)19-6-7-22(20-5-3-2-4-18(19)20)28-14-17(27)13-25-10-8-16(26)9-11-25/h2-7,12,16-17,26-27H,8-11,13-14H2,1H3,(H,23,24). The summed E-state index contributed by atoms with van der Waals surface area (Å²) in [6, 6.07) is 12.2. The van der Waals surface area contributed by atoms with Crippen molar-refractivity contribution < 1.29 is 14.9 Å². The van der Waals surface area contributed by atoms with Crippen LogP contribution in [0.5, 0.6) is 5.75 Å². The largest absolute Gasteiger partial charge is 0.490 e. The van der Waals surface area contributed by atoms with Crippen molar-refractivity contribution in [2.45, 2.75) is 32.0 Å². The van der Waals surface area contributed by atoms with Gasteiger partial charge in [-0.2, -0.15) is 5.10 Å². The highest BCUT2D eigenvalue weighted by Crippen LogP contribution is 2.35. The highest BCUT2D eigenvalue weighted by molar-refractivity contribution is 6.00. The lowest BCUT2D eigenvalue weighted by Crippen LogP contribution is -2.41. The number of nitrogens with one attached hydrogen (secondary N) is 1. The molecule has 0 bridgehead atoms. The molecule has 6 heteroatoms. The Morgan fingerprint density at radius 2 is 1.89 bits per heavy atom. The summed E-state index contributed by atoms with van der Waals surface area (Å²) >= 11 is 0. The van der Waals surface area contributed by atoms with Crippen molar-refractivity contribution in [1.29, 1.82) is 0 Å². The summed E-state index contributed by atoms with van der Waals surface area (Å²) in [6.45, 7) is 4.46. The summed E-state index contributed by atoms with van der Waals surface area (Å²) in [6.07, 6.45) is 2.62. The van der Waals surface area contributed by atoms with Crippen LogP contribution in [0.15, 0.2) is 42.6 Å². The van der Waals surface area contributed by atoms with Crippen molar-refractivity contribution in [3.63, 3.8) is 0 Å². The number of rotatable bonds is 6. The Morgan fingerprint density at radius 3 is 2.61 bits per heavy atom. The van der Waals surface area contributed by atoms with Gasteiger partial charge in [0.2, 0.25) is 0 Å². The summed E-state index contributed by atoms with van der Waals surface area (Å²) in [5.41, 5.74) is 3.22. The number of aliphatic hydroxyl groups is 2. The number of benzene rings is 2. The van der Waals surface area contributed by atoms with Crippen molar-refractivity contribution in [2.75, 3.05) is 26.2 Å². The van der Waals surface area contributed by atoms with Crippen LogP contribution in [0.4, 0.5) is 0 Å². The van der Waals surface area contributed by atoms with Crippen LogP contribution in [0.2, 0.25) is 0 Å². The number of aromatic amines is 1.